The van der Waals surface area contributed by atoms with Gasteiger partial charge in [0.2, 0.25) is 5.91 Å². The standard InChI is InChI=1S/C23H31NO4S/c1-5-18(4)24(23(25)22(6-2)20-13-9-8-10-14-20)17-19-12-11-15-21(16-19)28-29(26,27)7-3/h8-16,18,22H,5-7,17H2,1-4H3/t18-,22+/m1/s1. The number of nitrogens with zero attached hydrogens (tertiary/aromatic N) is 1. The van der Waals surface area contributed by atoms with Gasteiger partial charge in [-0.2, -0.15) is 8.42 Å². The summed E-state index contributed by atoms with van der Waals surface area (Å²) in [4.78, 5) is 15.3. The number of carbonyl (C=O) groups is 1. The summed E-state index contributed by atoms with van der Waals surface area (Å²) in [6, 6.07) is 16.8. The molecule has 0 aliphatic carbocycles. The van der Waals surface area contributed by atoms with Crippen LogP contribution in [0.5, 0.6) is 5.75 Å². The van der Waals surface area contributed by atoms with Crippen molar-refractivity contribution < 1.29 is 17.4 Å². The first-order valence-electron chi connectivity index (χ1n) is 10.2. The molecular formula is C23H31NO4S. The van der Waals surface area contributed by atoms with E-state index in [2.05, 4.69) is 6.92 Å². The lowest BCUT2D eigenvalue weighted by atomic mass is 9.94. The van der Waals surface area contributed by atoms with Gasteiger partial charge in [0.15, 0.2) is 0 Å². The minimum Gasteiger partial charge on any atom is -0.382 e. The summed E-state index contributed by atoms with van der Waals surface area (Å²) in [5, 5.41) is 0. The van der Waals surface area contributed by atoms with E-state index in [1.807, 2.05) is 55.1 Å². The molecule has 0 saturated carbocycles. The molecule has 0 aliphatic heterocycles. The highest BCUT2D eigenvalue weighted by Crippen LogP contribution is 2.26. The van der Waals surface area contributed by atoms with E-state index in [-0.39, 0.29) is 29.4 Å². The van der Waals surface area contributed by atoms with Crippen molar-refractivity contribution in [1.82, 2.24) is 4.90 Å². The molecule has 0 heterocycles. The molecule has 1 amide bonds. The Balaban J connectivity index is 2.28. The van der Waals surface area contributed by atoms with Crippen LogP contribution in [0.1, 0.15) is 57.6 Å². The van der Waals surface area contributed by atoms with Gasteiger partial charge in [0, 0.05) is 12.6 Å². The van der Waals surface area contributed by atoms with Crippen molar-refractivity contribution >= 4 is 16.0 Å². The van der Waals surface area contributed by atoms with Crippen LogP contribution in [-0.2, 0) is 21.5 Å². The highest BCUT2D eigenvalue weighted by molar-refractivity contribution is 7.87. The molecule has 0 N–H and O–H groups in total. The Morgan fingerprint density at radius 1 is 1.00 bits per heavy atom. The first-order chi connectivity index (χ1) is 13.8. The summed E-state index contributed by atoms with van der Waals surface area (Å²) in [7, 11) is -3.59. The van der Waals surface area contributed by atoms with Crippen molar-refractivity contribution in [1.29, 1.82) is 0 Å². The maximum atomic E-state index is 13.4. The van der Waals surface area contributed by atoms with Gasteiger partial charge in [-0.15, -0.1) is 0 Å². The fourth-order valence-corrected chi connectivity index (χ4v) is 3.72. The Hall–Kier alpha value is -2.34. The monoisotopic (exact) mass is 417 g/mol. The van der Waals surface area contributed by atoms with Crippen LogP contribution in [0.2, 0.25) is 0 Å². The van der Waals surface area contributed by atoms with Gasteiger partial charge >= 0.3 is 10.1 Å². The van der Waals surface area contributed by atoms with E-state index < -0.39 is 10.1 Å². The van der Waals surface area contributed by atoms with Gasteiger partial charge in [0.1, 0.15) is 5.75 Å². The highest BCUT2D eigenvalue weighted by Gasteiger charge is 2.27. The van der Waals surface area contributed by atoms with Gasteiger partial charge < -0.3 is 9.08 Å². The number of hydrogen-bond donors (Lipinski definition) is 0. The molecule has 6 heteroatoms. The Bertz CT molecular complexity index is 896. The molecule has 2 atom stereocenters. The van der Waals surface area contributed by atoms with E-state index in [4.69, 9.17) is 4.18 Å². The molecule has 0 radical (unpaired) electrons. The zero-order valence-electron chi connectivity index (χ0n) is 17.7. The van der Waals surface area contributed by atoms with Gasteiger partial charge in [-0.25, -0.2) is 0 Å². The quantitative estimate of drug-likeness (QED) is 0.524. The molecular weight excluding hydrogens is 386 g/mol. The topological polar surface area (TPSA) is 63.7 Å². The van der Waals surface area contributed by atoms with Crippen molar-refractivity contribution in [3.8, 4) is 5.75 Å². The predicted molar refractivity (Wildman–Crippen MR) is 116 cm³/mol. The van der Waals surface area contributed by atoms with Crippen LogP contribution in [0.15, 0.2) is 54.6 Å². The van der Waals surface area contributed by atoms with Gasteiger partial charge in [-0.3, -0.25) is 4.79 Å². The third kappa shape index (κ3) is 6.32. The average molecular weight is 418 g/mol. The van der Waals surface area contributed by atoms with Crippen molar-refractivity contribution in [2.75, 3.05) is 5.75 Å². The van der Waals surface area contributed by atoms with Crippen molar-refractivity contribution in [2.24, 2.45) is 0 Å². The van der Waals surface area contributed by atoms with E-state index in [1.54, 1.807) is 18.2 Å². The minimum atomic E-state index is -3.59. The number of carbonyl (C=O) groups excluding carboxylic acids is 1. The van der Waals surface area contributed by atoms with Crippen molar-refractivity contribution in [3.05, 3.63) is 65.7 Å². The summed E-state index contributed by atoms with van der Waals surface area (Å²) < 4.78 is 28.7. The Morgan fingerprint density at radius 2 is 1.69 bits per heavy atom. The summed E-state index contributed by atoms with van der Waals surface area (Å²) in [6.07, 6.45) is 1.55. The number of rotatable bonds is 10. The van der Waals surface area contributed by atoms with Crippen LogP contribution in [0.25, 0.3) is 0 Å². The van der Waals surface area contributed by atoms with Gasteiger partial charge in [0.05, 0.1) is 11.7 Å². The summed E-state index contributed by atoms with van der Waals surface area (Å²) in [5.41, 5.74) is 1.85. The van der Waals surface area contributed by atoms with E-state index in [1.165, 1.54) is 6.92 Å². The molecule has 0 unspecified atom stereocenters. The molecule has 29 heavy (non-hydrogen) atoms. The summed E-state index contributed by atoms with van der Waals surface area (Å²) in [6.45, 7) is 8.06. The Morgan fingerprint density at radius 3 is 2.28 bits per heavy atom. The fourth-order valence-electron chi connectivity index (χ4n) is 3.21. The van der Waals surface area contributed by atoms with Gasteiger partial charge in [-0.05, 0) is 49.9 Å². The normalized spacial score (nSPS) is 13.5. The highest BCUT2D eigenvalue weighted by atomic mass is 32.2. The smallest absolute Gasteiger partial charge is 0.308 e. The maximum Gasteiger partial charge on any atom is 0.308 e. The molecule has 5 nitrogen and oxygen atoms in total. The molecule has 0 fully saturated rings. The lowest BCUT2D eigenvalue weighted by Crippen LogP contribution is -2.40. The zero-order valence-corrected chi connectivity index (χ0v) is 18.5. The van der Waals surface area contributed by atoms with Crippen LogP contribution in [0.4, 0.5) is 0 Å². The molecule has 2 aromatic rings. The lowest BCUT2D eigenvalue weighted by Gasteiger charge is -2.32. The predicted octanol–water partition coefficient (Wildman–Crippen LogP) is 4.74. The Labute approximate surface area is 174 Å². The summed E-state index contributed by atoms with van der Waals surface area (Å²) >= 11 is 0. The van der Waals surface area contributed by atoms with E-state index in [0.717, 1.165) is 17.5 Å². The van der Waals surface area contributed by atoms with Crippen LogP contribution >= 0.6 is 0 Å². The molecule has 0 bridgehead atoms. The molecule has 2 rings (SSSR count). The molecule has 158 valence electrons. The van der Waals surface area contributed by atoms with Crippen LogP contribution in [-0.4, -0.2) is 31.0 Å². The third-order valence-corrected chi connectivity index (χ3v) is 6.30. The van der Waals surface area contributed by atoms with E-state index in [9.17, 15) is 13.2 Å². The van der Waals surface area contributed by atoms with E-state index >= 15 is 0 Å². The van der Waals surface area contributed by atoms with Crippen molar-refractivity contribution in [3.63, 3.8) is 0 Å². The molecule has 0 spiro atoms. The third-order valence-electron chi connectivity index (χ3n) is 5.14. The Kier molecular flexibility index (Phi) is 8.26. The molecule has 0 aromatic heterocycles. The first-order valence-corrected chi connectivity index (χ1v) is 11.8. The summed E-state index contributed by atoms with van der Waals surface area (Å²) in [5.74, 6) is 0.0610. The molecule has 0 saturated heterocycles. The maximum absolute atomic E-state index is 13.4. The molecule has 2 aromatic carbocycles. The van der Waals surface area contributed by atoms with Crippen LogP contribution < -0.4 is 4.18 Å². The fraction of sp³-hybridized carbons (Fsp3) is 0.435. The average Bonchev–Trinajstić information content (AvgIpc) is 2.72. The van der Waals surface area contributed by atoms with E-state index in [0.29, 0.717) is 13.0 Å². The number of benzene rings is 2. The van der Waals surface area contributed by atoms with Gasteiger partial charge in [0.25, 0.3) is 0 Å². The van der Waals surface area contributed by atoms with Gasteiger partial charge in [-0.1, -0.05) is 56.3 Å². The minimum absolute atomic E-state index is 0.0595. The second-order valence-corrected chi connectivity index (χ2v) is 9.03. The second-order valence-electron chi connectivity index (χ2n) is 7.17. The zero-order chi connectivity index (χ0) is 21.4. The second kappa shape index (κ2) is 10.4. The van der Waals surface area contributed by atoms with Crippen LogP contribution in [0, 0.1) is 0 Å². The van der Waals surface area contributed by atoms with Crippen molar-refractivity contribution in [2.45, 2.75) is 59.0 Å². The largest absolute Gasteiger partial charge is 0.382 e. The lowest BCUT2D eigenvalue weighted by molar-refractivity contribution is -0.135. The first kappa shape index (κ1) is 22.9. The number of hydrogen-bond acceptors (Lipinski definition) is 4. The SMILES string of the molecule is CC[C@H](C(=O)N(Cc1cccc(OS(=O)(=O)CC)c1)[C@H](C)CC)c1ccccc1. The number of amides is 1. The van der Waals surface area contributed by atoms with Crippen LogP contribution in [0.3, 0.4) is 0 Å². The molecule has 0 aliphatic rings.